The van der Waals surface area contributed by atoms with Crippen LogP contribution in [0, 0.1) is 0 Å². The summed E-state index contributed by atoms with van der Waals surface area (Å²) in [5, 5.41) is 3.34. The van der Waals surface area contributed by atoms with Gasteiger partial charge in [-0.1, -0.05) is 19.1 Å². The Hall–Kier alpha value is -1.16. The molecule has 1 aromatic rings. The van der Waals surface area contributed by atoms with E-state index in [0.29, 0.717) is 4.99 Å². The fourth-order valence-corrected chi connectivity index (χ4v) is 1.21. The molecule has 0 radical (unpaired) electrons. The van der Waals surface area contributed by atoms with Gasteiger partial charge in [0.1, 0.15) is 10.8 Å². The van der Waals surface area contributed by atoms with Crippen molar-refractivity contribution in [1.29, 1.82) is 0 Å². The molecule has 1 heterocycles. The average Bonchev–Trinajstić information content (AvgIpc) is 2.17. The summed E-state index contributed by atoms with van der Waals surface area (Å²) in [6.07, 6.45) is 2.73. The first-order valence-electron chi connectivity index (χ1n) is 4.98. The summed E-state index contributed by atoms with van der Waals surface area (Å²) < 4.78 is 0. The highest BCUT2D eigenvalue weighted by molar-refractivity contribution is 7.80. The first kappa shape index (κ1) is 11.9. The molecule has 0 spiro atoms. The zero-order valence-electron chi connectivity index (χ0n) is 9.37. The monoisotopic (exact) mass is 223 g/mol. The second-order valence-corrected chi connectivity index (χ2v) is 4.60. The molecule has 15 heavy (non-hydrogen) atoms. The molecule has 0 aliphatic rings. The number of rotatable bonds is 4. The molecular formula is C11H17N3S. The number of nitrogens with one attached hydrogen (secondary N) is 1. The van der Waals surface area contributed by atoms with Gasteiger partial charge in [-0.25, -0.2) is 4.98 Å². The predicted molar refractivity (Wildman–Crippen MR) is 68.1 cm³/mol. The molecule has 3 nitrogen and oxygen atoms in total. The maximum atomic E-state index is 5.55. The van der Waals surface area contributed by atoms with Gasteiger partial charge in [-0.15, -0.1) is 0 Å². The van der Waals surface area contributed by atoms with Crippen LogP contribution in [0.1, 0.15) is 32.8 Å². The molecule has 0 aliphatic heterocycles. The van der Waals surface area contributed by atoms with Crippen LogP contribution in [-0.4, -0.2) is 15.5 Å². The lowest BCUT2D eigenvalue weighted by molar-refractivity contribution is 0.545. The lowest BCUT2D eigenvalue weighted by Crippen LogP contribution is -2.30. The quantitative estimate of drug-likeness (QED) is 0.769. The topological polar surface area (TPSA) is 50.9 Å². The summed E-state index contributed by atoms with van der Waals surface area (Å²) in [6.45, 7) is 6.38. The number of aromatic nitrogens is 1. The molecule has 82 valence electrons. The van der Waals surface area contributed by atoms with Crippen LogP contribution in [-0.2, 0) is 0 Å². The van der Waals surface area contributed by atoms with E-state index in [0.717, 1.165) is 17.8 Å². The van der Waals surface area contributed by atoms with Gasteiger partial charge in [-0.05, 0) is 32.4 Å². The number of nitrogens with two attached hydrogens (primary N) is 1. The number of pyridine rings is 1. The Morgan fingerprint density at radius 3 is 2.80 bits per heavy atom. The van der Waals surface area contributed by atoms with Crippen molar-refractivity contribution in [2.75, 3.05) is 5.32 Å². The van der Waals surface area contributed by atoms with Crippen molar-refractivity contribution in [2.45, 2.75) is 32.7 Å². The molecule has 0 saturated carbocycles. The third-order valence-corrected chi connectivity index (χ3v) is 2.63. The molecule has 0 unspecified atom stereocenters. The van der Waals surface area contributed by atoms with Crippen molar-refractivity contribution in [1.82, 2.24) is 4.98 Å². The Morgan fingerprint density at radius 2 is 2.27 bits per heavy atom. The molecule has 0 amide bonds. The standard InChI is InChI=1S/C11H17N3S/c1-4-11(2,3)14-9-7-8(10(12)15)5-6-13-9/h5-7H,4H2,1-3H3,(H2,12,15)(H,13,14). The van der Waals surface area contributed by atoms with Crippen molar-refractivity contribution in [3.05, 3.63) is 23.9 Å². The summed E-state index contributed by atoms with van der Waals surface area (Å²) in [6, 6.07) is 3.69. The fourth-order valence-electron chi connectivity index (χ4n) is 1.09. The van der Waals surface area contributed by atoms with Crippen molar-refractivity contribution < 1.29 is 0 Å². The molecule has 1 aromatic heterocycles. The highest BCUT2D eigenvalue weighted by Gasteiger charge is 2.14. The van der Waals surface area contributed by atoms with Gasteiger partial charge in [0.25, 0.3) is 0 Å². The van der Waals surface area contributed by atoms with E-state index in [2.05, 4.69) is 31.1 Å². The maximum absolute atomic E-state index is 5.55. The van der Waals surface area contributed by atoms with Gasteiger partial charge < -0.3 is 11.1 Å². The van der Waals surface area contributed by atoms with Crippen molar-refractivity contribution in [3.63, 3.8) is 0 Å². The molecule has 0 atom stereocenters. The molecule has 0 aliphatic carbocycles. The number of hydrogen-bond donors (Lipinski definition) is 2. The predicted octanol–water partition coefficient (Wildman–Crippen LogP) is 2.32. The van der Waals surface area contributed by atoms with E-state index < -0.39 is 0 Å². The number of hydrogen-bond acceptors (Lipinski definition) is 3. The summed E-state index contributed by atoms with van der Waals surface area (Å²) in [5.74, 6) is 0.812. The third kappa shape index (κ3) is 3.47. The van der Waals surface area contributed by atoms with Gasteiger partial charge in [0, 0.05) is 17.3 Å². The highest BCUT2D eigenvalue weighted by Crippen LogP contribution is 2.16. The lowest BCUT2D eigenvalue weighted by Gasteiger charge is -2.25. The number of anilines is 1. The normalized spacial score (nSPS) is 11.1. The second-order valence-electron chi connectivity index (χ2n) is 4.16. The average molecular weight is 223 g/mol. The van der Waals surface area contributed by atoms with Crippen molar-refractivity contribution in [3.8, 4) is 0 Å². The first-order chi connectivity index (χ1) is 6.94. The van der Waals surface area contributed by atoms with Crippen LogP contribution in [0.5, 0.6) is 0 Å². The minimum absolute atomic E-state index is 0.0296. The van der Waals surface area contributed by atoms with Crippen LogP contribution >= 0.6 is 12.2 Å². The summed E-state index contributed by atoms with van der Waals surface area (Å²) >= 11 is 4.91. The minimum Gasteiger partial charge on any atom is -0.389 e. The molecular weight excluding hydrogens is 206 g/mol. The first-order valence-corrected chi connectivity index (χ1v) is 5.39. The van der Waals surface area contributed by atoms with Gasteiger partial charge in [0.2, 0.25) is 0 Å². The van der Waals surface area contributed by atoms with E-state index >= 15 is 0 Å². The van der Waals surface area contributed by atoms with Gasteiger partial charge in [0.15, 0.2) is 0 Å². The maximum Gasteiger partial charge on any atom is 0.126 e. The Bertz CT molecular complexity index is 361. The Balaban J connectivity index is 2.87. The van der Waals surface area contributed by atoms with Gasteiger partial charge in [-0.3, -0.25) is 0 Å². The van der Waals surface area contributed by atoms with E-state index in [9.17, 15) is 0 Å². The molecule has 0 saturated heterocycles. The van der Waals surface area contributed by atoms with E-state index in [1.807, 2.05) is 12.1 Å². The third-order valence-electron chi connectivity index (χ3n) is 2.39. The molecule has 1 rings (SSSR count). The zero-order chi connectivity index (χ0) is 11.5. The summed E-state index contributed by atoms with van der Waals surface area (Å²) in [4.78, 5) is 4.63. The van der Waals surface area contributed by atoms with Gasteiger partial charge in [0.05, 0.1) is 0 Å². The molecule has 3 N–H and O–H groups in total. The minimum atomic E-state index is 0.0296. The zero-order valence-corrected chi connectivity index (χ0v) is 10.2. The lowest BCUT2D eigenvalue weighted by atomic mass is 10.0. The highest BCUT2D eigenvalue weighted by atomic mass is 32.1. The van der Waals surface area contributed by atoms with Crippen molar-refractivity contribution in [2.24, 2.45) is 5.73 Å². The Morgan fingerprint density at radius 1 is 1.60 bits per heavy atom. The fraction of sp³-hybridized carbons (Fsp3) is 0.455. The summed E-state index contributed by atoms with van der Waals surface area (Å²) in [7, 11) is 0. The van der Waals surface area contributed by atoms with Crippen molar-refractivity contribution >= 4 is 23.0 Å². The Kier molecular flexibility index (Phi) is 3.63. The van der Waals surface area contributed by atoms with Crippen LogP contribution in [0.4, 0.5) is 5.82 Å². The van der Waals surface area contributed by atoms with E-state index in [4.69, 9.17) is 18.0 Å². The van der Waals surface area contributed by atoms with E-state index in [1.54, 1.807) is 6.20 Å². The van der Waals surface area contributed by atoms with Gasteiger partial charge in [-0.2, -0.15) is 0 Å². The van der Waals surface area contributed by atoms with E-state index in [-0.39, 0.29) is 5.54 Å². The molecule has 0 fully saturated rings. The van der Waals surface area contributed by atoms with Crippen LogP contribution in [0.15, 0.2) is 18.3 Å². The van der Waals surface area contributed by atoms with E-state index in [1.165, 1.54) is 0 Å². The van der Waals surface area contributed by atoms with Crippen LogP contribution in [0.3, 0.4) is 0 Å². The molecule has 0 bridgehead atoms. The second kappa shape index (κ2) is 4.57. The SMILES string of the molecule is CCC(C)(C)Nc1cc(C(N)=S)ccn1. The smallest absolute Gasteiger partial charge is 0.126 e. The number of thiocarbonyl (C=S) groups is 1. The van der Waals surface area contributed by atoms with Crippen LogP contribution in [0.25, 0.3) is 0 Å². The van der Waals surface area contributed by atoms with Crippen LogP contribution in [0.2, 0.25) is 0 Å². The largest absolute Gasteiger partial charge is 0.389 e. The van der Waals surface area contributed by atoms with Crippen LogP contribution < -0.4 is 11.1 Å². The summed E-state index contributed by atoms with van der Waals surface area (Å²) in [5.41, 5.74) is 6.43. The molecule has 0 aromatic carbocycles. The van der Waals surface area contributed by atoms with Gasteiger partial charge >= 0.3 is 0 Å². The number of nitrogens with zero attached hydrogens (tertiary/aromatic N) is 1. The Labute approximate surface area is 96.1 Å². The molecule has 4 heteroatoms.